The van der Waals surface area contributed by atoms with Crippen molar-refractivity contribution in [1.29, 1.82) is 0 Å². The van der Waals surface area contributed by atoms with Crippen LogP contribution in [0.3, 0.4) is 0 Å². The zero-order valence-electron chi connectivity index (χ0n) is 15.2. The third-order valence-corrected chi connectivity index (χ3v) is 4.69. The summed E-state index contributed by atoms with van der Waals surface area (Å²) in [6, 6.07) is 9.49. The van der Waals surface area contributed by atoms with E-state index in [1.54, 1.807) is 10.9 Å². The Morgan fingerprint density at radius 2 is 1.89 bits per heavy atom. The van der Waals surface area contributed by atoms with Gasteiger partial charge in [0.15, 0.2) is 5.65 Å². The van der Waals surface area contributed by atoms with Gasteiger partial charge in [0.2, 0.25) is 11.9 Å². The third kappa shape index (κ3) is 3.68. The van der Waals surface area contributed by atoms with E-state index in [0.717, 1.165) is 42.9 Å². The van der Waals surface area contributed by atoms with Gasteiger partial charge in [0, 0.05) is 38.9 Å². The van der Waals surface area contributed by atoms with Gasteiger partial charge in [0.25, 0.3) is 0 Å². The van der Waals surface area contributed by atoms with Crippen LogP contribution in [0.2, 0.25) is 0 Å². The number of carbonyl (C=O) groups excluding carboxylic acids is 1. The summed E-state index contributed by atoms with van der Waals surface area (Å²) in [4.78, 5) is 25.5. The van der Waals surface area contributed by atoms with Crippen molar-refractivity contribution < 1.29 is 4.79 Å². The maximum atomic E-state index is 12.2. The van der Waals surface area contributed by atoms with Gasteiger partial charge in [-0.1, -0.05) is 18.2 Å². The van der Waals surface area contributed by atoms with Crippen LogP contribution in [-0.4, -0.2) is 63.3 Å². The monoisotopic (exact) mass is 366 g/mol. The molecule has 3 heterocycles. The number of carbonyl (C=O) groups is 1. The second-order valence-electron chi connectivity index (χ2n) is 6.59. The number of para-hydroxylation sites is 1. The molecule has 27 heavy (non-hydrogen) atoms. The number of hydrogen-bond donors (Lipinski definition) is 2. The first kappa shape index (κ1) is 17.2. The first-order valence-corrected chi connectivity index (χ1v) is 8.87. The average molecular weight is 366 g/mol. The van der Waals surface area contributed by atoms with Crippen molar-refractivity contribution in [1.82, 2.24) is 24.6 Å². The van der Waals surface area contributed by atoms with Crippen molar-refractivity contribution >= 4 is 34.4 Å². The molecule has 0 atom stereocenters. The van der Waals surface area contributed by atoms with Crippen LogP contribution in [0.1, 0.15) is 0 Å². The lowest BCUT2D eigenvalue weighted by molar-refractivity contribution is -0.117. The van der Waals surface area contributed by atoms with Crippen LogP contribution in [0.4, 0.5) is 17.5 Å². The summed E-state index contributed by atoms with van der Waals surface area (Å²) in [6.45, 7) is 3.36. The van der Waals surface area contributed by atoms with Crippen molar-refractivity contribution in [3.05, 3.63) is 36.5 Å². The van der Waals surface area contributed by atoms with E-state index in [0.29, 0.717) is 18.3 Å². The molecule has 1 aliphatic rings. The highest BCUT2D eigenvalue weighted by Gasteiger charge is 2.22. The van der Waals surface area contributed by atoms with E-state index in [4.69, 9.17) is 5.73 Å². The second kappa shape index (κ2) is 7.20. The molecule has 0 aliphatic carbocycles. The number of aromatic nitrogens is 4. The predicted molar refractivity (Wildman–Crippen MR) is 104 cm³/mol. The molecular formula is C18H22N8O. The zero-order valence-corrected chi connectivity index (χ0v) is 15.2. The highest BCUT2D eigenvalue weighted by atomic mass is 16.2. The fourth-order valence-corrected chi connectivity index (χ4v) is 3.20. The first-order valence-electron chi connectivity index (χ1n) is 8.87. The molecular weight excluding hydrogens is 344 g/mol. The predicted octanol–water partition coefficient (Wildman–Crippen LogP) is 0.706. The number of hydrogen-bond acceptors (Lipinski definition) is 7. The van der Waals surface area contributed by atoms with Gasteiger partial charge >= 0.3 is 0 Å². The van der Waals surface area contributed by atoms with Crippen LogP contribution in [0.5, 0.6) is 0 Å². The molecule has 1 aliphatic heterocycles. The number of fused-ring (bicyclic) bond motifs is 1. The van der Waals surface area contributed by atoms with Crippen LogP contribution in [0.25, 0.3) is 11.0 Å². The molecule has 1 amide bonds. The number of aryl methyl sites for hydroxylation is 1. The Kier molecular flexibility index (Phi) is 4.59. The topological polar surface area (TPSA) is 105 Å². The van der Waals surface area contributed by atoms with Crippen molar-refractivity contribution in [2.45, 2.75) is 0 Å². The fraction of sp³-hybridized carbons (Fsp3) is 0.333. The fourth-order valence-electron chi connectivity index (χ4n) is 3.20. The number of benzene rings is 1. The van der Waals surface area contributed by atoms with Crippen molar-refractivity contribution in [2.24, 2.45) is 7.05 Å². The summed E-state index contributed by atoms with van der Waals surface area (Å²) in [5, 5.41) is 7.86. The largest absolute Gasteiger partial charge is 0.383 e. The average Bonchev–Trinajstić information content (AvgIpc) is 3.05. The first-order chi connectivity index (χ1) is 13.1. The Morgan fingerprint density at radius 1 is 1.15 bits per heavy atom. The third-order valence-electron chi connectivity index (χ3n) is 4.69. The summed E-state index contributed by atoms with van der Waals surface area (Å²) < 4.78 is 1.70. The maximum absolute atomic E-state index is 12.2. The van der Waals surface area contributed by atoms with Crippen molar-refractivity contribution in [3.63, 3.8) is 0 Å². The van der Waals surface area contributed by atoms with Crippen LogP contribution in [0, 0.1) is 0 Å². The Morgan fingerprint density at radius 3 is 2.63 bits per heavy atom. The number of amides is 1. The van der Waals surface area contributed by atoms with Gasteiger partial charge in [-0.15, -0.1) is 0 Å². The molecule has 1 aromatic carbocycles. The maximum Gasteiger partial charge on any atom is 0.238 e. The Bertz CT molecular complexity index is 947. The molecule has 1 saturated heterocycles. The summed E-state index contributed by atoms with van der Waals surface area (Å²) in [7, 11) is 1.84. The van der Waals surface area contributed by atoms with E-state index in [-0.39, 0.29) is 5.91 Å². The molecule has 9 heteroatoms. The van der Waals surface area contributed by atoms with Gasteiger partial charge in [-0.25, -0.2) is 0 Å². The number of piperazine rings is 1. The van der Waals surface area contributed by atoms with Gasteiger partial charge in [-0.2, -0.15) is 15.1 Å². The van der Waals surface area contributed by atoms with Gasteiger partial charge < -0.3 is 16.0 Å². The van der Waals surface area contributed by atoms with Gasteiger partial charge in [0.05, 0.1) is 18.1 Å². The summed E-state index contributed by atoms with van der Waals surface area (Å²) in [6.07, 6.45) is 1.68. The summed E-state index contributed by atoms with van der Waals surface area (Å²) in [5.41, 5.74) is 7.59. The van der Waals surface area contributed by atoms with Crippen LogP contribution < -0.4 is 16.0 Å². The molecule has 0 radical (unpaired) electrons. The lowest BCUT2D eigenvalue weighted by Crippen LogP contribution is -2.49. The molecule has 4 rings (SSSR count). The van der Waals surface area contributed by atoms with Crippen LogP contribution in [-0.2, 0) is 11.8 Å². The van der Waals surface area contributed by atoms with E-state index in [1.807, 2.05) is 37.4 Å². The second-order valence-corrected chi connectivity index (χ2v) is 6.59. The van der Waals surface area contributed by atoms with Gasteiger partial charge in [0.1, 0.15) is 5.82 Å². The number of rotatable bonds is 4. The minimum Gasteiger partial charge on any atom is -0.383 e. The quantitative estimate of drug-likeness (QED) is 0.700. The number of nitrogens with two attached hydrogens (primary N) is 1. The Hall–Kier alpha value is -3.20. The standard InChI is InChI=1S/C18H22N8O/c1-24-17-14(11-20-24)16(19)22-18(23-17)26-9-7-25(8-10-26)12-15(27)21-13-5-3-2-4-6-13/h2-6,11H,7-10,12H2,1H3,(H,21,27)(H2,19,22,23). The lowest BCUT2D eigenvalue weighted by atomic mass is 10.3. The minimum absolute atomic E-state index is 0.00792. The minimum atomic E-state index is -0.00792. The molecule has 0 bridgehead atoms. The Balaban J connectivity index is 1.36. The van der Waals surface area contributed by atoms with Crippen molar-refractivity contribution in [3.8, 4) is 0 Å². The molecule has 140 valence electrons. The van der Waals surface area contributed by atoms with Gasteiger partial charge in [-0.05, 0) is 12.1 Å². The molecule has 9 nitrogen and oxygen atoms in total. The van der Waals surface area contributed by atoms with E-state index < -0.39 is 0 Å². The molecule has 0 unspecified atom stereocenters. The molecule has 3 aromatic rings. The normalized spacial score (nSPS) is 15.2. The summed E-state index contributed by atoms with van der Waals surface area (Å²) in [5.74, 6) is 1.04. The molecule has 1 fully saturated rings. The van der Waals surface area contributed by atoms with E-state index in [2.05, 4.69) is 30.2 Å². The molecule has 0 spiro atoms. The highest BCUT2D eigenvalue weighted by molar-refractivity contribution is 5.92. The van der Waals surface area contributed by atoms with Crippen molar-refractivity contribution in [2.75, 3.05) is 48.7 Å². The van der Waals surface area contributed by atoms with Crippen LogP contribution >= 0.6 is 0 Å². The van der Waals surface area contributed by atoms with E-state index in [1.165, 1.54) is 0 Å². The molecule has 0 saturated carbocycles. The highest BCUT2D eigenvalue weighted by Crippen LogP contribution is 2.21. The SMILES string of the molecule is Cn1ncc2c(N)nc(N3CCN(CC(=O)Nc4ccccc4)CC3)nc21. The number of nitrogens with one attached hydrogen (secondary N) is 1. The van der Waals surface area contributed by atoms with Gasteiger partial charge in [-0.3, -0.25) is 14.4 Å². The molecule has 3 N–H and O–H groups in total. The Labute approximate surface area is 156 Å². The molecule has 2 aromatic heterocycles. The number of nitrogen functional groups attached to an aromatic ring is 1. The van der Waals surface area contributed by atoms with Crippen LogP contribution in [0.15, 0.2) is 36.5 Å². The number of nitrogens with zero attached hydrogens (tertiary/aromatic N) is 6. The van der Waals surface area contributed by atoms with E-state index in [9.17, 15) is 4.79 Å². The lowest BCUT2D eigenvalue weighted by Gasteiger charge is -2.34. The summed E-state index contributed by atoms with van der Waals surface area (Å²) >= 11 is 0. The smallest absolute Gasteiger partial charge is 0.238 e. The zero-order chi connectivity index (χ0) is 18.8. The number of anilines is 3. The van der Waals surface area contributed by atoms with E-state index >= 15 is 0 Å².